The number of amides is 1. The molecule has 2 heterocycles. The monoisotopic (exact) mass is 413 g/mol. The molecule has 1 N–H and O–H groups in total. The Bertz CT molecular complexity index is 816. The second-order valence-corrected chi connectivity index (χ2v) is 10.3. The van der Waals surface area contributed by atoms with E-state index in [-0.39, 0.29) is 11.3 Å². The summed E-state index contributed by atoms with van der Waals surface area (Å²) in [5, 5.41) is 6.11. The van der Waals surface area contributed by atoms with Gasteiger partial charge in [0.15, 0.2) is 0 Å². The van der Waals surface area contributed by atoms with Crippen molar-refractivity contribution < 1.29 is 4.79 Å². The minimum absolute atomic E-state index is 0.0274. The number of para-hydroxylation sites is 1. The molecular weight excluding hydrogens is 378 g/mol. The fourth-order valence-corrected chi connectivity index (χ4v) is 4.92. The third-order valence-corrected chi connectivity index (χ3v) is 6.95. The van der Waals surface area contributed by atoms with E-state index in [0.29, 0.717) is 11.6 Å². The summed E-state index contributed by atoms with van der Waals surface area (Å²) in [5.41, 5.74) is 2.52. The highest BCUT2D eigenvalue weighted by Crippen LogP contribution is 2.32. The van der Waals surface area contributed by atoms with Crippen LogP contribution in [-0.2, 0) is 5.41 Å². The Kier molecular flexibility index (Phi) is 7.12. The Hall–Kier alpha value is -1.72. The van der Waals surface area contributed by atoms with Crippen molar-refractivity contribution in [3.8, 4) is 0 Å². The Morgan fingerprint density at radius 3 is 2.62 bits per heavy atom. The quantitative estimate of drug-likeness (QED) is 0.639. The molecule has 29 heavy (non-hydrogen) atoms. The summed E-state index contributed by atoms with van der Waals surface area (Å²) in [7, 11) is 0. The number of hydrogen-bond donors (Lipinski definition) is 1. The van der Waals surface area contributed by atoms with Crippen molar-refractivity contribution in [3.63, 3.8) is 0 Å². The van der Waals surface area contributed by atoms with Crippen LogP contribution in [0.25, 0.3) is 0 Å². The lowest BCUT2D eigenvalue weighted by Gasteiger charge is -2.32. The van der Waals surface area contributed by atoms with Crippen LogP contribution in [0.2, 0.25) is 0 Å². The first-order valence-electron chi connectivity index (χ1n) is 10.9. The second-order valence-electron chi connectivity index (χ2n) is 9.41. The lowest BCUT2D eigenvalue weighted by atomic mass is 9.86. The van der Waals surface area contributed by atoms with Gasteiger partial charge < -0.3 is 10.2 Å². The van der Waals surface area contributed by atoms with Gasteiger partial charge in [0, 0.05) is 23.5 Å². The molecule has 1 saturated heterocycles. The molecule has 4 nitrogen and oxygen atoms in total. The van der Waals surface area contributed by atoms with E-state index in [1.54, 1.807) is 11.3 Å². The summed E-state index contributed by atoms with van der Waals surface area (Å²) in [6.45, 7) is 14.5. The molecule has 3 rings (SSSR count). The molecule has 158 valence electrons. The molecule has 0 spiro atoms. The topological polar surface area (TPSA) is 45.2 Å². The van der Waals surface area contributed by atoms with E-state index >= 15 is 0 Å². The first kappa shape index (κ1) is 22.0. The van der Waals surface area contributed by atoms with Crippen LogP contribution < -0.4 is 5.32 Å². The van der Waals surface area contributed by atoms with E-state index in [1.165, 1.54) is 13.0 Å². The lowest BCUT2D eigenvalue weighted by molar-refractivity contribution is 0.102. The number of rotatable bonds is 6. The van der Waals surface area contributed by atoms with E-state index < -0.39 is 0 Å². The van der Waals surface area contributed by atoms with Crippen molar-refractivity contribution in [3.05, 3.63) is 45.9 Å². The van der Waals surface area contributed by atoms with Crippen LogP contribution in [0.5, 0.6) is 0 Å². The zero-order valence-electron chi connectivity index (χ0n) is 18.5. The minimum Gasteiger partial charge on any atom is -0.320 e. The van der Waals surface area contributed by atoms with Crippen LogP contribution in [0.3, 0.4) is 0 Å². The van der Waals surface area contributed by atoms with Crippen molar-refractivity contribution >= 4 is 22.9 Å². The third kappa shape index (κ3) is 5.67. The van der Waals surface area contributed by atoms with Gasteiger partial charge in [-0.2, -0.15) is 0 Å². The first-order chi connectivity index (χ1) is 13.8. The number of likely N-dealkylation sites (tertiary alicyclic amines) is 1. The third-order valence-electron chi connectivity index (χ3n) is 5.94. The molecule has 1 aliphatic rings. The van der Waals surface area contributed by atoms with Crippen LogP contribution in [0.1, 0.15) is 80.9 Å². The molecule has 0 aliphatic carbocycles. The molecule has 2 aromatic rings. The van der Waals surface area contributed by atoms with Gasteiger partial charge in [0.05, 0.1) is 5.01 Å². The molecule has 1 amide bonds. The maximum Gasteiger partial charge on any atom is 0.275 e. The number of thiazole rings is 1. The molecular formula is C24H35N3OS. The highest BCUT2D eigenvalue weighted by Gasteiger charge is 2.25. The van der Waals surface area contributed by atoms with E-state index in [9.17, 15) is 4.79 Å². The van der Waals surface area contributed by atoms with Crippen LogP contribution in [0.4, 0.5) is 5.69 Å². The maximum absolute atomic E-state index is 12.8. The maximum atomic E-state index is 12.8. The number of nitrogens with zero attached hydrogens (tertiary/aromatic N) is 2. The molecule has 1 aromatic carbocycles. The molecule has 1 atom stereocenters. The van der Waals surface area contributed by atoms with E-state index in [1.807, 2.05) is 23.6 Å². The second kappa shape index (κ2) is 9.40. The van der Waals surface area contributed by atoms with Crippen LogP contribution in [0.15, 0.2) is 29.6 Å². The summed E-state index contributed by atoms with van der Waals surface area (Å²) in [4.78, 5) is 20.1. The highest BCUT2D eigenvalue weighted by molar-refractivity contribution is 7.10. The predicted octanol–water partition coefficient (Wildman–Crippen LogP) is 5.92. The molecule has 0 radical (unpaired) electrons. The smallest absolute Gasteiger partial charge is 0.275 e. The number of piperidine rings is 1. The summed E-state index contributed by atoms with van der Waals surface area (Å²) < 4.78 is 0. The molecule has 0 saturated carbocycles. The van der Waals surface area contributed by atoms with Gasteiger partial charge in [0.1, 0.15) is 5.69 Å². The summed E-state index contributed by atoms with van der Waals surface area (Å²) in [5.74, 6) is 1.13. The molecule has 1 aromatic heterocycles. The van der Waals surface area contributed by atoms with Gasteiger partial charge >= 0.3 is 0 Å². The average Bonchev–Trinajstić information content (AvgIpc) is 3.18. The van der Waals surface area contributed by atoms with Crippen molar-refractivity contribution in [2.45, 2.75) is 65.2 Å². The number of hydrogen-bond acceptors (Lipinski definition) is 4. The zero-order chi connectivity index (χ0) is 21.0. The SMILES string of the molecule is CCC(C)CN1CCC(c2nc(C(=O)Nc3ccccc3C(C)(C)C)cs2)CC1. The van der Waals surface area contributed by atoms with Gasteiger partial charge in [-0.05, 0) is 48.9 Å². The van der Waals surface area contributed by atoms with Crippen molar-refractivity contribution in [2.24, 2.45) is 5.92 Å². The Morgan fingerprint density at radius 1 is 1.28 bits per heavy atom. The lowest BCUT2D eigenvalue weighted by Crippen LogP contribution is -2.35. The Labute approximate surface area is 179 Å². The van der Waals surface area contributed by atoms with Crippen LogP contribution in [-0.4, -0.2) is 35.4 Å². The Balaban J connectivity index is 1.62. The van der Waals surface area contributed by atoms with Crippen molar-refractivity contribution in [1.29, 1.82) is 0 Å². The minimum atomic E-state index is -0.113. The Morgan fingerprint density at radius 2 is 1.97 bits per heavy atom. The van der Waals surface area contributed by atoms with E-state index in [0.717, 1.165) is 48.1 Å². The van der Waals surface area contributed by atoms with Crippen molar-refractivity contribution in [1.82, 2.24) is 9.88 Å². The number of anilines is 1. The number of carbonyl (C=O) groups excluding carboxylic acids is 1. The fourth-order valence-electron chi connectivity index (χ4n) is 3.94. The highest BCUT2D eigenvalue weighted by atomic mass is 32.1. The van der Waals surface area contributed by atoms with Gasteiger partial charge in [-0.15, -0.1) is 11.3 Å². The predicted molar refractivity (Wildman–Crippen MR) is 123 cm³/mol. The summed E-state index contributed by atoms with van der Waals surface area (Å²) >= 11 is 1.63. The van der Waals surface area contributed by atoms with Crippen LogP contribution >= 0.6 is 11.3 Å². The van der Waals surface area contributed by atoms with Crippen molar-refractivity contribution in [2.75, 3.05) is 25.0 Å². The number of carbonyl (C=O) groups is 1. The average molecular weight is 414 g/mol. The molecule has 1 fully saturated rings. The van der Waals surface area contributed by atoms with E-state index in [4.69, 9.17) is 4.98 Å². The summed E-state index contributed by atoms with van der Waals surface area (Å²) in [6, 6.07) is 8.03. The molecule has 1 unspecified atom stereocenters. The van der Waals surface area contributed by atoms with E-state index in [2.05, 4.69) is 50.9 Å². The first-order valence-corrected chi connectivity index (χ1v) is 11.7. The normalized spacial score (nSPS) is 17.3. The molecule has 1 aliphatic heterocycles. The number of aromatic nitrogens is 1. The van der Waals surface area contributed by atoms with Crippen LogP contribution in [0, 0.1) is 5.92 Å². The standard InChI is InChI=1S/C24H35N3OS/c1-6-17(2)15-27-13-11-18(12-14-27)23-26-21(16-29-23)22(28)25-20-10-8-7-9-19(20)24(3,4)5/h7-10,16-18H,6,11-15H2,1-5H3,(H,25,28). The zero-order valence-corrected chi connectivity index (χ0v) is 19.3. The largest absolute Gasteiger partial charge is 0.320 e. The number of nitrogens with one attached hydrogen (secondary N) is 1. The number of benzene rings is 1. The summed E-state index contributed by atoms with van der Waals surface area (Å²) in [6.07, 6.45) is 3.51. The van der Waals surface area contributed by atoms with Gasteiger partial charge in [-0.1, -0.05) is 59.2 Å². The fraction of sp³-hybridized carbons (Fsp3) is 0.583. The molecule has 5 heteroatoms. The van der Waals surface area contributed by atoms with Gasteiger partial charge in [0.2, 0.25) is 0 Å². The van der Waals surface area contributed by atoms with Gasteiger partial charge in [-0.3, -0.25) is 4.79 Å². The van der Waals surface area contributed by atoms with Gasteiger partial charge in [0.25, 0.3) is 5.91 Å². The molecule has 0 bridgehead atoms. The van der Waals surface area contributed by atoms with Gasteiger partial charge in [-0.25, -0.2) is 4.98 Å².